The molecule has 8 heteroatoms. The van der Waals surface area contributed by atoms with Gasteiger partial charge in [0.05, 0.1) is 36.0 Å². The largest absolute Gasteiger partial charge is 0.463 e. The summed E-state index contributed by atoms with van der Waals surface area (Å²) in [6.45, 7) is 0.300. The third-order valence-corrected chi connectivity index (χ3v) is 5.90. The number of pyridine rings is 1. The molecule has 0 atom stereocenters. The van der Waals surface area contributed by atoms with E-state index in [1.807, 2.05) is 36.5 Å². The number of aromatic nitrogens is 5. The number of rotatable bonds is 5. The second kappa shape index (κ2) is 8.40. The van der Waals surface area contributed by atoms with Crippen molar-refractivity contribution in [3.05, 3.63) is 102 Å². The fourth-order valence-corrected chi connectivity index (χ4v) is 4.24. The van der Waals surface area contributed by atoms with Crippen molar-refractivity contribution in [2.45, 2.75) is 19.4 Å². The number of hydrogen-bond donors (Lipinski definition) is 1. The van der Waals surface area contributed by atoms with Crippen molar-refractivity contribution >= 4 is 5.91 Å². The van der Waals surface area contributed by atoms with Gasteiger partial charge in [-0.25, -0.2) is 9.97 Å². The van der Waals surface area contributed by atoms with Gasteiger partial charge in [-0.3, -0.25) is 9.78 Å². The van der Waals surface area contributed by atoms with Gasteiger partial charge in [0.25, 0.3) is 11.9 Å². The second-order valence-corrected chi connectivity index (χ2v) is 8.00. The van der Waals surface area contributed by atoms with Gasteiger partial charge in [-0.1, -0.05) is 30.3 Å². The Labute approximate surface area is 195 Å². The maximum absolute atomic E-state index is 13.1. The molecule has 34 heavy (non-hydrogen) atoms. The number of hydrogen-bond acceptors (Lipinski definition) is 6. The third-order valence-electron chi connectivity index (χ3n) is 5.90. The Hall–Kier alpha value is -4.59. The lowest BCUT2D eigenvalue weighted by molar-refractivity contribution is 0.0951. The fourth-order valence-electron chi connectivity index (χ4n) is 4.24. The van der Waals surface area contributed by atoms with Crippen molar-refractivity contribution in [3.63, 3.8) is 0 Å². The van der Waals surface area contributed by atoms with E-state index < -0.39 is 0 Å². The Bertz CT molecular complexity index is 1470. The number of furan rings is 1. The zero-order valence-electron chi connectivity index (χ0n) is 18.2. The molecule has 0 radical (unpaired) electrons. The Morgan fingerprint density at radius 3 is 2.71 bits per heavy atom. The van der Waals surface area contributed by atoms with E-state index in [1.165, 1.54) is 11.8 Å². The molecule has 1 aliphatic carbocycles. The van der Waals surface area contributed by atoms with Crippen LogP contribution in [-0.2, 0) is 19.4 Å². The minimum Gasteiger partial charge on any atom is -0.463 e. The number of nitrogens with one attached hydrogen (secondary N) is 1. The summed E-state index contributed by atoms with van der Waals surface area (Å²) in [6, 6.07) is 17.4. The Morgan fingerprint density at radius 2 is 1.85 bits per heavy atom. The molecule has 0 fully saturated rings. The summed E-state index contributed by atoms with van der Waals surface area (Å²) in [7, 11) is 0. The van der Waals surface area contributed by atoms with E-state index in [0.29, 0.717) is 29.5 Å². The fraction of sp³-hybridized carbons (Fsp3) is 0.115. The van der Waals surface area contributed by atoms with Crippen LogP contribution in [-0.4, -0.2) is 30.6 Å². The quantitative estimate of drug-likeness (QED) is 0.436. The molecule has 0 bridgehead atoms. The minimum absolute atomic E-state index is 0.286. The molecule has 6 rings (SSSR count). The molecule has 1 aromatic carbocycles. The predicted octanol–water partition coefficient (Wildman–Crippen LogP) is 4.01. The van der Waals surface area contributed by atoms with Gasteiger partial charge in [0, 0.05) is 18.0 Å². The van der Waals surface area contributed by atoms with E-state index in [4.69, 9.17) is 9.40 Å². The number of amides is 1. The zero-order valence-corrected chi connectivity index (χ0v) is 18.2. The molecule has 0 aliphatic heterocycles. The number of nitrogens with zero attached hydrogens (tertiary/aromatic N) is 5. The third kappa shape index (κ3) is 3.55. The Balaban J connectivity index is 1.40. The average Bonchev–Trinajstić information content (AvgIpc) is 3.57. The maximum atomic E-state index is 13.1. The van der Waals surface area contributed by atoms with Crippen LogP contribution in [0.15, 0.2) is 83.9 Å². The first-order chi connectivity index (χ1) is 16.8. The van der Waals surface area contributed by atoms with E-state index in [2.05, 4.69) is 32.5 Å². The number of aryl methyl sites for hydroxylation is 2. The molecule has 0 saturated heterocycles. The highest BCUT2D eigenvalue weighted by atomic mass is 16.3. The van der Waals surface area contributed by atoms with Crippen LogP contribution in [0.3, 0.4) is 0 Å². The maximum Gasteiger partial charge on any atom is 0.255 e. The molecule has 166 valence electrons. The molecule has 0 spiro atoms. The van der Waals surface area contributed by atoms with Gasteiger partial charge in [-0.2, -0.15) is 9.78 Å². The molecule has 0 unspecified atom stereocenters. The molecular formula is C26H20N6O2. The topological polar surface area (TPSA) is 98.7 Å². The molecule has 1 N–H and O–H groups in total. The smallest absolute Gasteiger partial charge is 0.255 e. The first kappa shape index (κ1) is 20.0. The predicted molar refractivity (Wildman–Crippen MR) is 125 cm³/mol. The van der Waals surface area contributed by atoms with Gasteiger partial charge in [-0.15, -0.1) is 0 Å². The number of benzene rings is 1. The molecule has 1 aliphatic rings. The number of fused-ring (bicyclic) bond motifs is 3. The summed E-state index contributed by atoms with van der Waals surface area (Å²) in [4.78, 5) is 26.8. The van der Waals surface area contributed by atoms with Gasteiger partial charge in [0.1, 0.15) is 5.69 Å². The van der Waals surface area contributed by atoms with Gasteiger partial charge in [0.15, 0.2) is 5.76 Å². The summed E-state index contributed by atoms with van der Waals surface area (Å²) >= 11 is 0. The summed E-state index contributed by atoms with van der Waals surface area (Å²) in [5.74, 6) is 0.597. The van der Waals surface area contributed by atoms with Crippen molar-refractivity contribution < 1.29 is 9.21 Å². The van der Waals surface area contributed by atoms with Crippen LogP contribution in [0.5, 0.6) is 0 Å². The van der Waals surface area contributed by atoms with Crippen molar-refractivity contribution in [2.75, 3.05) is 0 Å². The van der Waals surface area contributed by atoms with Gasteiger partial charge in [-0.05, 0) is 48.2 Å². The summed E-state index contributed by atoms with van der Waals surface area (Å²) in [6.07, 6.45) is 8.47. The summed E-state index contributed by atoms with van der Waals surface area (Å²) < 4.78 is 7.22. The molecule has 8 nitrogen and oxygen atoms in total. The van der Waals surface area contributed by atoms with Crippen LogP contribution in [0.4, 0.5) is 0 Å². The SMILES string of the molecule is O=C(NCc1ccccn1)c1cnn(-c2ncc3c(n2)-c2ccccc2CC3)c1-c1ccco1. The van der Waals surface area contributed by atoms with Crippen LogP contribution in [0.1, 0.15) is 27.2 Å². The van der Waals surface area contributed by atoms with E-state index in [9.17, 15) is 4.79 Å². The molecule has 4 heterocycles. The standard InChI is InChI=1S/C26H20N6O2/c33-25(28-15-19-7-3-4-12-27-19)21-16-30-32(24(21)22-9-5-13-34-22)26-29-14-18-11-10-17-6-1-2-8-20(17)23(18)31-26/h1-9,12-14,16H,10-11,15H2,(H,28,33). The van der Waals surface area contributed by atoms with Crippen LogP contribution in [0.25, 0.3) is 28.7 Å². The molecule has 0 saturated carbocycles. The van der Waals surface area contributed by atoms with Gasteiger partial charge < -0.3 is 9.73 Å². The molecule has 1 amide bonds. The number of carbonyl (C=O) groups is 1. The summed E-state index contributed by atoms with van der Waals surface area (Å²) in [5, 5.41) is 7.39. The highest BCUT2D eigenvalue weighted by Crippen LogP contribution is 2.33. The first-order valence-electron chi connectivity index (χ1n) is 11.0. The van der Waals surface area contributed by atoms with Gasteiger partial charge >= 0.3 is 0 Å². The lowest BCUT2D eigenvalue weighted by Gasteiger charge is -2.19. The molecular weight excluding hydrogens is 428 g/mol. The van der Waals surface area contributed by atoms with Gasteiger partial charge in [0.2, 0.25) is 0 Å². The zero-order chi connectivity index (χ0) is 22.9. The van der Waals surface area contributed by atoms with Crippen LogP contribution in [0.2, 0.25) is 0 Å². The highest BCUT2D eigenvalue weighted by molar-refractivity contribution is 5.99. The van der Waals surface area contributed by atoms with E-state index in [0.717, 1.165) is 35.4 Å². The van der Waals surface area contributed by atoms with Crippen LogP contribution < -0.4 is 5.32 Å². The van der Waals surface area contributed by atoms with Crippen molar-refractivity contribution in [1.82, 2.24) is 30.0 Å². The molecule has 5 aromatic rings. The lowest BCUT2D eigenvalue weighted by atomic mass is 9.90. The normalized spacial score (nSPS) is 12.1. The van der Waals surface area contributed by atoms with E-state index >= 15 is 0 Å². The second-order valence-electron chi connectivity index (χ2n) is 8.00. The van der Waals surface area contributed by atoms with Crippen molar-refractivity contribution in [3.8, 4) is 28.7 Å². The lowest BCUT2D eigenvalue weighted by Crippen LogP contribution is -2.23. The van der Waals surface area contributed by atoms with E-state index in [-0.39, 0.29) is 5.91 Å². The van der Waals surface area contributed by atoms with Crippen molar-refractivity contribution in [2.24, 2.45) is 0 Å². The van der Waals surface area contributed by atoms with Crippen molar-refractivity contribution in [1.29, 1.82) is 0 Å². The van der Waals surface area contributed by atoms with Crippen LogP contribution in [0, 0.1) is 0 Å². The number of carbonyl (C=O) groups excluding carboxylic acids is 1. The Kier molecular flexibility index (Phi) is 4.95. The monoisotopic (exact) mass is 448 g/mol. The average molecular weight is 448 g/mol. The van der Waals surface area contributed by atoms with Crippen LogP contribution >= 0.6 is 0 Å². The molecule has 4 aromatic heterocycles. The van der Waals surface area contributed by atoms with E-state index in [1.54, 1.807) is 29.3 Å². The first-order valence-corrected chi connectivity index (χ1v) is 11.0. The summed E-state index contributed by atoms with van der Waals surface area (Å²) in [5.41, 5.74) is 5.99. The minimum atomic E-state index is -0.286. The Morgan fingerprint density at radius 1 is 0.971 bits per heavy atom. The highest BCUT2D eigenvalue weighted by Gasteiger charge is 2.25.